The van der Waals surface area contributed by atoms with E-state index < -0.39 is 6.04 Å². The zero-order chi connectivity index (χ0) is 11.7. The topological polar surface area (TPSA) is 49.4 Å². The molecule has 1 N–H and O–H groups in total. The summed E-state index contributed by atoms with van der Waals surface area (Å²) in [6.07, 6.45) is 0.240. The van der Waals surface area contributed by atoms with Crippen molar-refractivity contribution in [2.24, 2.45) is 0 Å². The van der Waals surface area contributed by atoms with E-state index in [0.29, 0.717) is 0 Å². The first-order chi connectivity index (χ1) is 7.59. The predicted octanol–water partition coefficient (Wildman–Crippen LogP) is 1.16. The number of aryl methyl sites for hydroxylation is 1. The largest absolute Gasteiger partial charge is 0.373 e. The molecule has 1 aliphatic heterocycles. The van der Waals surface area contributed by atoms with Crippen LogP contribution in [0.1, 0.15) is 12.0 Å². The average molecular weight is 218 g/mol. The molecule has 1 aromatic rings. The number of para-hydroxylation sites is 1. The Morgan fingerprint density at radius 1 is 1.31 bits per heavy atom. The summed E-state index contributed by atoms with van der Waals surface area (Å²) in [5, 5.41) is 3.11. The Labute approximate surface area is 94.2 Å². The van der Waals surface area contributed by atoms with E-state index in [9.17, 15) is 9.59 Å². The van der Waals surface area contributed by atoms with E-state index in [1.54, 1.807) is 0 Å². The molecule has 1 atom stereocenters. The fourth-order valence-corrected chi connectivity index (χ4v) is 1.79. The first-order valence-electron chi connectivity index (χ1n) is 5.22. The van der Waals surface area contributed by atoms with Gasteiger partial charge in [-0.15, -0.1) is 0 Å². The number of carbonyl (C=O) groups excluding carboxylic acids is 2. The summed E-state index contributed by atoms with van der Waals surface area (Å²) >= 11 is 0. The quantitative estimate of drug-likeness (QED) is 0.758. The summed E-state index contributed by atoms with van der Waals surface area (Å²) in [7, 11) is 1.52. The number of benzene rings is 1. The lowest BCUT2D eigenvalue weighted by Gasteiger charge is -2.14. The maximum absolute atomic E-state index is 11.7. The molecular formula is C12H14N2O2. The van der Waals surface area contributed by atoms with Gasteiger partial charge in [0.15, 0.2) is 0 Å². The van der Waals surface area contributed by atoms with Crippen LogP contribution in [0.15, 0.2) is 24.3 Å². The van der Waals surface area contributed by atoms with Crippen LogP contribution in [0.5, 0.6) is 0 Å². The van der Waals surface area contributed by atoms with Crippen LogP contribution in [0.4, 0.5) is 5.69 Å². The molecule has 84 valence electrons. The summed E-state index contributed by atoms with van der Waals surface area (Å²) in [5.74, 6) is -0.288. The summed E-state index contributed by atoms with van der Waals surface area (Å²) in [6, 6.07) is 7.30. The van der Waals surface area contributed by atoms with Crippen molar-refractivity contribution in [3.63, 3.8) is 0 Å². The highest BCUT2D eigenvalue weighted by Crippen LogP contribution is 2.19. The fraction of sp³-hybridized carbons (Fsp3) is 0.333. The second kappa shape index (κ2) is 3.96. The van der Waals surface area contributed by atoms with Crippen molar-refractivity contribution >= 4 is 17.5 Å². The Morgan fingerprint density at radius 3 is 2.56 bits per heavy atom. The Morgan fingerprint density at radius 2 is 2.00 bits per heavy atom. The van der Waals surface area contributed by atoms with Gasteiger partial charge in [-0.1, -0.05) is 18.2 Å². The molecule has 0 spiro atoms. The van der Waals surface area contributed by atoms with Crippen LogP contribution >= 0.6 is 0 Å². The lowest BCUT2D eigenvalue weighted by Crippen LogP contribution is -2.31. The minimum atomic E-state index is -0.418. The lowest BCUT2D eigenvalue weighted by atomic mass is 10.1. The normalized spacial score (nSPS) is 20.4. The molecule has 0 aliphatic carbocycles. The zero-order valence-electron chi connectivity index (χ0n) is 9.36. The number of imide groups is 1. The number of amides is 2. The summed E-state index contributed by atoms with van der Waals surface area (Å²) in [4.78, 5) is 24.2. The molecule has 2 rings (SSSR count). The van der Waals surface area contributed by atoms with Crippen LogP contribution < -0.4 is 5.32 Å². The minimum absolute atomic E-state index is 0.129. The van der Waals surface area contributed by atoms with Crippen LogP contribution in [-0.4, -0.2) is 29.8 Å². The molecule has 1 fully saturated rings. The van der Waals surface area contributed by atoms with Crippen LogP contribution in [0, 0.1) is 6.92 Å². The maximum Gasteiger partial charge on any atom is 0.251 e. The monoisotopic (exact) mass is 218 g/mol. The van der Waals surface area contributed by atoms with Crippen molar-refractivity contribution in [2.75, 3.05) is 12.4 Å². The third-order valence-corrected chi connectivity index (χ3v) is 2.86. The lowest BCUT2D eigenvalue weighted by molar-refractivity contribution is -0.136. The molecule has 1 heterocycles. The van der Waals surface area contributed by atoms with Gasteiger partial charge < -0.3 is 5.32 Å². The van der Waals surface area contributed by atoms with Crippen LogP contribution in [-0.2, 0) is 9.59 Å². The van der Waals surface area contributed by atoms with Crippen molar-refractivity contribution in [1.82, 2.24) is 4.90 Å². The van der Waals surface area contributed by atoms with Gasteiger partial charge in [-0.2, -0.15) is 0 Å². The van der Waals surface area contributed by atoms with Crippen LogP contribution in [0.2, 0.25) is 0 Å². The molecule has 0 bridgehead atoms. The smallest absolute Gasteiger partial charge is 0.251 e. The third-order valence-electron chi connectivity index (χ3n) is 2.86. The van der Waals surface area contributed by atoms with E-state index in [4.69, 9.17) is 0 Å². The molecule has 1 unspecified atom stereocenters. The molecule has 1 saturated heterocycles. The summed E-state index contributed by atoms with van der Waals surface area (Å²) < 4.78 is 0. The summed E-state index contributed by atoms with van der Waals surface area (Å²) in [6.45, 7) is 1.97. The van der Waals surface area contributed by atoms with Gasteiger partial charge in [0.2, 0.25) is 5.91 Å². The first kappa shape index (κ1) is 10.7. The molecule has 4 nitrogen and oxygen atoms in total. The van der Waals surface area contributed by atoms with E-state index in [1.807, 2.05) is 31.2 Å². The molecule has 1 aliphatic rings. The molecular weight excluding hydrogens is 204 g/mol. The van der Waals surface area contributed by atoms with Gasteiger partial charge in [-0.05, 0) is 18.6 Å². The average Bonchev–Trinajstić information content (AvgIpc) is 2.50. The second-order valence-corrected chi connectivity index (χ2v) is 4.01. The minimum Gasteiger partial charge on any atom is -0.373 e. The Bertz CT molecular complexity index is 442. The van der Waals surface area contributed by atoms with Gasteiger partial charge in [0.1, 0.15) is 6.04 Å². The van der Waals surface area contributed by atoms with Gasteiger partial charge in [0.25, 0.3) is 5.91 Å². The Balaban J connectivity index is 2.15. The number of likely N-dealkylation sites (tertiary alicyclic amines) is 1. The number of rotatable bonds is 2. The molecule has 0 aromatic heterocycles. The highest BCUT2D eigenvalue weighted by atomic mass is 16.2. The van der Waals surface area contributed by atoms with Crippen molar-refractivity contribution in [3.05, 3.63) is 29.8 Å². The van der Waals surface area contributed by atoms with Crippen molar-refractivity contribution < 1.29 is 9.59 Å². The van der Waals surface area contributed by atoms with Crippen LogP contribution in [0.3, 0.4) is 0 Å². The van der Waals surface area contributed by atoms with Crippen molar-refractivity contribution in [3.8, 4) is 0 Å². The van der Waals surface area contributed by atoms with Gasteiger partial charge >= 0.3 is 0 Å². The predicted molar refractivity (Wildman–Crippen MR) is 61.0 cm³/mol. The Kier molecular flexibility index (Phi) is 2.64. The molecule has 0 saturated carbocycles. The zero-order valence-corrected chi connectivity index (χ0v) is 9.36. The Hall–Kier alpha value is -1.84. The first-order valence-corrected chi connectivity index (χ1v) is 5.22. The SMILES string of the molecule is Cc1ccccc1NC1CC(=O)N(C)C1=O. The highest BCUT2D eigenvalue weighted by molar-refractivity contribution is 6.06. The van der Waals surface area contributed by atoms with E-state index in [-0.39, 0.29) is 18.2 Å². The molecule has 2 amide bonds. The number of nitrogens with one attached hydrogen (secondary N) is 1. The number of likely N-dealkylation sites (N-methyl/N-ethyl adjacent to an activating group) is 1. The van der Waals surface area contributed by atoms with Gasteiger partial charge in [-0.3, -0.25) is 14.5 Å². The number of hydrogen-bond donors (Lipinski definition) is 1. The number of hydrogen-bond acceptors (Lipinski definition) is 3. The fourth-order valence-electron chi connectivity index (χ4n) is 1.79. The standard InChI is InChI=1S/C12H14N2O2/c1-8-5-3-4-6-9(8)13-10-7-11(15)14(2)12(10)16/h3-6,10,13H,7H2,1-2H3. The van der Waals surface area contributed by atoms with Gasteiger partial charge in [0, 0.05) is 12.7 Å². The second-order valence-electron chi connectivity index (χ2n) is 4.01. The molecule has 4 heteroatoms. The van der Waals surface area contributed by atoms with Gasteiger partial charge in [-0.25, -0.2) is 0 Å². The number of carbonyl (C=O) groups is 2. The molecule has 0 radical (unpaired) electrons. The number of anilines is 1. The molecule has 16 heavy (non-hydrogen) atoms. The van der Waals surface area contributed by atoms with Gasteiger partial charge in [0.05, 0.1) is 6.42 Å². The maximum atomic E-state index is 11.7. The number of nitrogens with zero attached hydrogens (tertiary/aromatic N) is 1. The summed E-state index contributed by atoms with van der Waals surface area (Å²) in [5.41, 5.74) is 1.97. The van der Waals surface area contributed by atoms with Crippen molar-refractivity contribution in [2.45, 2.75) is 19.4 Å². The van der Waals surface area contributed by atoms with E-state index in [1.165, 1.54) is 11.9 Å². The van der Waals surface area contributed by atoms with E-state index in [2.05, 4.69) is 5.32 Å². The molecule has 1 aromatic carbocycles. The highest BCUT2D eigenvalue weighted by Gasteiger charge is 2.35. The van der Waals surface area contributed by atoms with E-state index in [0.717, 1.165) is 11.3 Å². The van der Waals surface area contributed by atoms with Crippen molar-refractivity contribution in [1.29, 1.82) is 0 Å². The van der Waals surface area contributed by atoms with Crippen LogP contribution in [0.25, 0.3) is 0 Å². The van der Waals surface area contributed by atoms with E-state index >= 15 is 0 Å². The third kappa shape index (κ3) is 1.78.